The van der Waals surface area contributed by atoms with Crippen molar-refractivity contribution in [3.05, 3.63) is 35.4 Å². The molecule has 16 heavy (non-hydrogen) atoms. The molecule has 0 aromatic heterocycles. The molecule has 0 aliphatic heterocycles. The Morgan fingerprint density at radius 1 is 1.44 bits per heavy atom. The van der Waals surface area contributed by atoms with E-state index in [1.165, 1.54) is 0 Å². The lowest BCUT2D eigenvalue weighted by molar-refractivity contribution is -0.154. The average Bonchev–Trinajstić information content (AvgIpc) is 2.20. The van der Waals surface area contributed by atoms with Crippen LogP contribution < -0.4 is 0 Å². The summed E-state index contributed by atoms with van der Waals surface area (Å²) < 4.78 is 39.2. The summed E-state index contributed by atoms with van der Waals surface area (Å²) in [5.41, 5.74) is -3.36. The van der Waals surface area contributed by atoms with Gasteiger partial charge in [-0.2, -0.15) is 0 Å². The Labute approximate surface area is 89.1 Å². The first-order valence-corrected chi connectivity index (χ1v) is 4.32. The van der Waals surface area contributed by atoms with E-state index in [-0.39, 0.29) is 0 Å². The van der Waals surface area contributed by atoms with Gasteiger partial charge in [0.2, 0.25) is 6.17 Å². The van der Waals surface area contributed by atoms with E-state index in [0.29, 0.717) is 0 Å². The lowest BCUT2D eigenvalue weighted by Crippen LogP contribution is -2.40. The number of carboxylic acid groups (broad SMARTS) is 1. The van der Waals surface area contributed by atoms with Gasteiger partial charge < -0.3 is 10.2 Å². The third-order valence-corrected chi connectivity index (χ3v) is 2.21. The highest BCUT2D eigenvalue weighted by Crippen LogP contribution is 2.30. The van der Waals surface area contributed by atoms with Crippen LogP contribution in [-0.4, -0.2) is 22.4 Å². The van der Waals surface area contributed by atoms with Crippen molar-refractivity contribution in [1.82, 2.24) is 0 Å². The first-order valence-electron chi connectivity index (χ1n) is 4.32. The summed E-state index contributed by atoms with van der Waals surface area (Å²) in [5.74, 6) is -4.69. The van der Waals surface area contributed by atoms with E-state index in [9.17, 15) is 23.1 Å². The zero-order valence-corrected chi connectivity index (χ0v) is 8.25. The fourth-order valence-corrected chi connectivity index (χ4v) is 1.27. The summed E-state index contributed by atoms with van der Waals surface area (Å²) >= 11 is 0. The lowest BCUT2D eigenvalue weighted by Gasteiger charge is -2.25. The molecule has 1 aromatic carbocycles. The minimum absolute atomic E-state index is 0.734. The smallest absolute Gasteiger partial charge is 0.341 e. The minimum Gasteiger partial charge on any atom is -0.479 e. The number of carbonyl (C=O) groups is 1. The first-order chi connectivity index (χ1) is 7.28. The van der Waals surface area contributed by atoms with Crippen LogP contribution in [0, 0.1) is 11.6 Å². The normalized spacial score (nSPS) is 16.6. The summed E-state index contributed by atoms with van der Waals surface area (Å²) in [5, 5.41) is 18.0. The Balaban J connectivity index is 3.26. The summed E-state index contributed by atoms with van der Waals surface area (Å²) in [6.45, 7) is 0.768. The van der Waals surface area contributed by atoms with Gasteiger partial charge in [-0.25, -0.2) is 18.0 Å². The Hall–Kier alpha value is -1.56. The average molecular weight is 234 g/mol. The van der Waals surface area contributed by atoms with E-state index in [2.05, 4.69) is 0 Å². The summed E-state index contributed by atoms with van der Waals surface area (Å²) in [7, 11) is 0. The molecule has 88 valence electrons. The van der Waals surface area contributed by atoms with Gasteiger partial charge >= 0.3 is 5.97 Å². The van der Waals surface area contributed by atoms with Crippen LogP contribution >= 0.6 is 0 Å². The molecule has 0 saturated carbocycles. The number of aliphatic hydroxyl groups is 1. The van der Waals surface area contributed by atoms with Gasteiger partial charge in [0.25, 0.3) is 0 Å². The molecule has 2 N–H and O–H groups in total. The second-order valence-corrected chi connectivity index (χ2v) is 3.45. The quantitative estimate of drug-likeness (QED) is 0.835. The molecule has 2 atom stereocenters. The van der Waals surface area contributed by atoms with Crippen molar-refractivity contribution in [3.63, 3.8) is 0 Å². The summed E-state index contributed by atoms with van der Waals surface area (Å²) in [4.78, 5) is 10.4. The van der Waals surface area contributed by atoms with Crippen LogP contribution in [0.2, 0.25) is 0 Å². The Bertz CT molecular complexity index is 418. The van der Waals surface area contributed by atoms with Crippen LogP contribution in [0.25, 0.3) is 0 Å². The van der Waals surface area contributed by atoms with Crippen LogP contribution in [0.3, 0.4) is 0 Å². The van der Waals surface area contributed by atoms with Gasteiger partial charge in [-0.15, -0.1) is 0 Å². The van der Waals surface area contributed by atoms with Crippen molar-refractivity contribution < 1.29 is 28.2 Å². The minimum atomic E-state index is -2.75. The number of benzene rings is 1. The van der Waals surface area contributed by atoms with Crippen LogP contribution in [0.1, 0.15) is 12.5 Å². The van der Waals surface area contributed by atoms with Crippen LogP contribution in [-0.2, 0) is 10.4 Å². The van der Waals surface area contributed by atoms with Gasteiger partial charge in [0.05, 0.1) is 0 Å². The van der Waals surface area contributed by atoms with E-state index >= 15 is 0 Å². The summed E-state index contributed by atoms with van der Waals surface area (Å²) in [6.07, 6.45) is -2.75. The van der Waals surface area contributed by atoms with Crippen molar-refractivity contribution in [1.29, 1.82) is 0 Å². The maximum Gasteiger partial charge on any atom is 0.341 e. The Morgan fingerprint density at radius 2 is 2.00 bits per heavy atom. The molecule has 1 aromatic rings. The fraction of sp³-hybridized carbons (Fsp3) is 0.300. The standard InChI is InChI=1S/C10H9F3O3/c1-10(16,8(13)9(14)15)5-3-2-4-6(11)7(5)12/h2-4,8,16H,1H3,(H,14,15). The summed E-state index contributed by atoms with van der Waals surface area (Å²) in [6, 6.07) is 2.76. The number of hydrogen-bond donors (Lipinski definition) is 2. The van der Waals surface area contributed by atoms with Gasteiger partial charge in [-0.1, -0.05) is 12.1 Å². The lowest BCUT2D eigenvalue weighted by atomic mass is 9.90. The molecule has 0 spiro atoms. The van der Waals surface area contributed by atoms with E-state index in [1.54, 1.807) is 0 Å². The molecule has 0 radical (unpaired) electrons. The van der Waals surface area contributed by atoms with Crippen LogP contribution in [0.4, 0.5) is 13.2 Å². The monoisotopic (exact) mass is 234 g/mol. The van der Waals surface area contributed by atoms with E-state index in [4.69, 9.17) is 5.11 Å². The number of aliphatic carboxylic acids is 1. The van der Waals surface area contributed by atoms with Gasteiger partial charge in [0.15, 0.2) is 11.6 Å². The van der Waals surface area contributed by atoms with Crippen molar-refractivity contribution in [2.24, 2.45) is 0 Å². The molecule has 6 heteroatoms. The molecular weight excluding hydrogens is 225 g/mol. The second-order valence-electron chi connectivity index (χ2n) is 3.45. The number of hydrogen-bond acceptors (Lipinski definition) is 2. The van der Waals surface area contributed by atoms with E-state index in [1.807, 2.05) is 0 Å². The largest absolute Gasteiger partial charge is 0.479 e. The predicted octanol–water partition coefficient (Wildman–Crippen LogP) is 1.60. The van der Waals surface area contributed by atoms with Gasteiger partial charge in [0, 0.05) is 5.56 Å². The maximum absolute atomic E-state index is 13.2. The topological polar surface area (TPSA) is 57.5 Å². The highest BCUT2D eigenvalue weighted by Gasteiger charge is 2.41. The number of rotatable bonds is 3. The number of alkyl halides is 1. The third kappa shape index (κ3) is 2.01. The fourth-order valence-electron chi connectivity index (χ4n) is 1.27. The molecule has 2 unspecified atom stereocenters. The third-order valence-electron chi connectivity index (χ3n) is 2.21. The zero-order valence-electron chi connectivity index (χ0n) is 8.25. The maximum atomic E-state index is 13.2. The molecule has 0 fully saturated rings. The van der Waals surface area contributed by atoms with Gasteiger partial charge in [-0.05, 0) is 13.0 Å². The Morgan fingerprint density at radius 3 is 2.50 bits per heavy atom. The molecule has 0 aliphatic rings. The van der Waals surface area contributed by atoms with Gasteiger partial charge in [-0.3, -0.25) is 0 Å². The molecular formula is C10H9F3O3. The van der Waals surface area contributed by atoms with Crippen LogP contribution in [0.5, 0.6) is 0 Å². The van der Waals surface area contributed by atoms with Gasteiger partial charge in [0.1, 0.15) is 5.60 Å². The highest BCUT2D eigenvalue weighted by atomic mass is 19.2. The van der Waals surface area contributed by atoms with E-state index < -0.39 is 34.9 Å². The molecule has 0 saturated heterocycles. The molecule has 3 nitrogen and oxygen atoms in total. The Kier molecular flexibility index (Phi) is 3.23. The van der Waals surface area contributed by atoms with E-state index in [0.717, 1.165) is 25.1 Å². The van der Waals surface area contributed by atoms with Crippen molar-refractivity contribution in [2.45, 2.75) is 18.7 Å². The molecule has 0 heterocycles. The van der Waals surface area contributed by atoms with Crippen molar-refractivity contribution >= 4 is 5.97 Å². The molecule has 0 bridgehead atoms. The van der Waals surface area contributed by atoms with Crippen molar-refractivity contribution in [2.75, 3.05) is 0 Å². The zero-order chi connectivity index (χ0) is 12.5. The molecule has 0 aliphatic carbocycles. The number of halogens is 3. The second kappa shape index (κ2) is 4.13. The van der Waals surface area contributed by atoms with Crippen molar-refractivity contribution in [3.8, 4) is 0 Å². The number of carboxylic acids is 1. The predicted molar refractivity (Wildman–Crippen MR) is 48.5 cm³/mol. The molecule has 1 rings (SSSR count). The first kappa shape index (κ1) is 12.5. The SMILES string of the molecule is CC(O)(c1cccc(F)c1F)C(F)C(=O)O. The molecule has 0 amide bonds. The van der Waals surface area contributed by atoms with Crippen LogP contribution in [0.15, 0.2) is 18.2 Å². The highest BCUT2D eigenvalue weighted by molar-refractivity contribution is 5.74.